The second kappa shape index (κ2) is 6.67. The first kappa shape index (κ1) is 11.0. The standard InChI is InChI=1S/C7H10ClNO3/c1-12-7(11)9(5-6-10)4-2-3-8/h2-3,6H,4-5H2,1H3. The number of aldehydes is 1. The minimum Gasteiger partial charge on any atom is -0.453 e. The van der Waals surface area contributed by atoms with Crippen LogP contribution in [0.3, 0.4) is 0 Å². The van der Waals surface area contributed by atoms with Gasteiger partial charge in [-0.25, -0.2) is 4.79 Å². The van der Waals surface area contributed by atoms with Gasteiger partial charge >= 0.3 is 6.09 Å². The van der Waals surface area contributed by atoms with E-state index in [4.69, 9.17) is 11.6 Å². The Morgan fingerprint density at radius 3 is 2.67 bits per heavy atom. The van der Waals surface area contributed by atoms with Crippen molar-refractivity contribution < 1.29 is 14.3 Å². The minimum atomic E-state index is -0.545. The largest absolute Gasteiger partial charge is 0.453 e. The average Bonchev–Trinajstić information content (AvgIpc) is 2.11. The van der Waals surface area contributed by atoms with Crippen LogP contribution in [-0.2, 0) is 9.53 Å². The number of carbonyl (C=O) groups excluding carboxylic acids is 2. The lowest BCUT2D eigenvalue weighted by Gasteiger charge is -2.15. The van der Waals surface area contributed by atoms with E-state index in [-0.39, 0.29) is 13.1 Å². The monoisotopic (exact) mass is 191 g/mol. The van der Waals surface area contributed by atoms with Crippen LogP contribution in [0.25, 0.3) is 0 Å². The predicted molar refractivity (Wildman–Crippen MR) is 45.0 cm³/mol. The van der Waals surface area contributed by atoms with Gasteiger partial charge in [0.15, 0.2) is 0 Å². The molecule has 0 aliphatic rings. The summed E-state index contributed by atoms with van der Waals surface area (Å²) in [6.07, 6.45) is 1.62. The molecule has 0 atom stereocenters. The van der Waals surface area contributed by atoms with Gasteiger partial charge in [0.25, 0.3) is 0 Å². The highest BCUT2D eigenvalue weighted by atomic mass is 35.5. The molecule has 0 aromatic carbocycles. The van der Waals surface area contributed by atoms with Crippen molar-refractivity contribution in [3.05, 3.63) is 11.6 Å². The Kier molecular flexibility index (Phi) is 6.09. The van der Waals surface area contributed by atoms with Crippen molar-refractivity contribution in [2.75, 3.05) is 20.2 Å². The molecule has 0 radical (unpaired) electrons. The molecule has 0 fully saturated rings. The maximum atomic E-state index is 10.9. The predicted octanol–water partition coefficient (Wildman–Crippen LogP) is 1.01. The Balaban J connectivity index is 4.01. The van der Waals surface area contributed by atoms with Crippen molar-refractivity contribution in [3.63, 3.8) is 0 Å². The van der Waals surface area contributed by atoms with Gasteiger partial charge in [0.1, 0.15) is 6.29 Å². The number of halogens is 1. The van der Waals surface area contributed by atoms with Crippen molar-refractivity contribution >= 4 is 24.0 Å². The summed E-state index contributed by atoms with van der Waals surface area (Å²) in [5.41, 5.74) is 1.28. The molecule has 5 heteroatoms. The Hall–Kier alpha value is -1.03. The molecule has 0 aromatic rings. The Morgan fingerprint density at radius 2 is 2.25 bits per heavy atom. The van der Waals surface area contributed by atoms with E-state index in [0.717, 1.165) is 0 Å². The third-order valence-corrected chi connectivity index (χ3v) is 1.32. The lowest BCUT2D eigenvalue weighted by molar-refractivity contribution is -0.108. The van der Waals surface area contributed by atoms with Gasteiger partial charge in [-0.1, -0.05) is 17.7 Å². The molecule has 4 nitrogen and oxygen atoms in total. The van der Waals surface area contributed by atoms with Crippen molar-refractivity contribution in [1.29, 1.82) is 0 Å². The number of methoxy groups -OCH3 is 1. The number of nitrogens with zero attached hydrogens (tertiary/aromatic N) is 1. The fourth-order valence-corrected chi connectivity index (χ4v) is 0.689. The topological polar surface area (TPSA) is 46.6 Å². The van der Waals surface area contributed by atoms with Gasteiger partial charge in [0.2, 0.25) is 0 Å². The quantitative estimate of drug-likeness (QED) is 0.623. The van der Waals surface area contributed by atoms with Gasteiger partial charge in [0.05, 0.1) is 13.7 Å². The molecule has 12 heavy (non-hydrogen) atoms. The van der Waals surface area contributed by atoms with Crippen LogP contribution in [0.15, 0.2) is 11.6 Å². The van der Waals surface area contributed by atoms with Crippen LogP contribution < -0.4 is 0 Å². The maximum Gasteiger partial charge on any atom is 0.410 e. The highest BCUT2D eigenvalue weighted by Gasteiger charge is 2.10. The summed E-state index contributed by atoms with van der Waals surface area (Å²) >= 11 is 5.25. The maximum absolute atomic E-state index is 10.9. The SMILES string of the molecule is COC(=O)N(CC=O)CC=CCl. The molecule has 0 unspecified atom stereocenters. The van der Waals surface area contributed by atoms with Gasteiger partial charge in [0, 0.05) is 12.1 Å². The first-order valence-corrected chi connectivity index (χ1v) is 3.71. The first-order valence-electron chi connectivity index (χ1n) is 3.28. The summed E-state index contributed by atoms with van der Waals surface area (Å²) in [7, 11) is 1.25. The van der Waals surface area contributed by atoms with Gasteiger partial charge in [-0.3, -0.25) is 4.90 Å². The molecule has 0 saturated heterocycles. The van der Waals surface area contributed by atoms with Crippen molar-refractivity contribution in [1.82, 2.24) is 4.90 Å². The Labute approximate surface area is 75.7 Å². The van der Waals surface area contributed by atoms with Crippen LogP contribution in [0, 0.1) is 0 Å². The Bertz CT molecular complexity index is 181. The molecule has 0 N–H and O–H groups in total. The van der Waals surface area contributed by atoms with Gasteiger partial charge in [-0.05, 0) is 0 Å². The molecule has 0 bridgehead atoms. The van der Waals surface area contributed by atoms with Crippen molar-refractivity contribution in [2.24, 2.45) is 0 Å². The first-order chi connectivity index (χ1) is 5.76. The number of hydrogen-bond acceptors (Lipinski definition) is 3. The minimum absolute atomic E-state index is 0.00784. The lowest BCUT2D eigenvalue weighted by atomic mass is 10.5. The van der Waals surface area contributed by atoms with Crippen molar-refractivity contribution in [3.8, 4) is 0 Å². The normalized spacial score (nSPS) is 9.83. The number of amides is 1. The number of hydrogen-bond donors (Lipinski definition) is 0. The molecule has 68 valence electrons. The summed E-state index contributed by atoms with van der Waals surface area (Å²) < 4.78 is 4.41. The highest BCUT2D eigenvalue weighted by Crippen LogP contribution is 1.92. The zero-order chi connectivity index (χ0) is 9.40. The lowest BCUT2D eigenvalue weighted by Crippen LogP contribution is -2.32. The molecule has 0 rings (SSSR count). The summed E-state index contributed by atoms with van der Waals surface area (Å²) in [6.45, 7) is 0.281. The van der Waals surface area contributed by atoms with E-state index in [2.05, 4.69) is 4.74 Å². The van der Waals surface area contributed by atoms with E-state index in [1.807, 2.05) is 0 Å². The number of carbonyl (C=O) groups is 2. The molecule has 0 heterocycles. The van der Waals surface area contributed by atoms with Gasteiger partial charge in [-0.2, -0.15) is 0 Å². The summed E-state index contributed by atoms with van der Waals surface area (Å²) in [5, 5.41) is 0. The molecule has 0 aliphatic heterocycles. The van der Waals surface area contributed by atoms with E-state index in [9.17, 15) is 9.59 Å². The second-order valence-electron chi connectivity index (χ2n) is 1.90. The Morgan fingerprint density at radius 1 is 1.58 bits per heavy atom. The van der Waals surface area contributed by atoms with Crippen LogP contribution in [-0.4, -0.2) is 37.5 Å². The zero-order valence-corrected chi connectivity index (χ0v) is 7.45. The molecule has 0 saturated carbocycles. The second-order valence-corrected chi connectivity index (χ2v) is 2.16. The van der Waals surface area contributed by atoms with Crippen LogP contribution >= 0.6 is 11.6 Å². The van der Waals surface area contributed by atoms with E-state index in [0.29, 0.717) is 6.29 Å². The van der Waals surface area contributed by atoms with Crippen LogP contribution in [0.4, 0.5) is 4.79 Å². The molecule has 0 aliphatic carbocycles. The molecule has 0 spiro atoms. The molecule has 0 aromatic heterocycles. The van der Waals surface area contributed by atoms with Crippen LogP contribution in [0.1, 0.15) is 0 Å². The van der Waals surface area contributed by atoms with E-state index < -0.39 is 6.09 Å². The smallest absolute Gasteiger partial charge is 0.410 e. The summed E-state index contributed by atoms with van der Waals surface area (Å²) in [4.78, 5) is 22.2. The fourth-order valence-electron chi connectivity index (χ4n) is 0.610. The van der Waals surface area contributed by atoms with E-state index in [1.165, 1.54) is 17.5 Å². The fraction of sp³-hybridized carbons (Fsp3) is 0.429. The molecular weight excluding hydrogens is 182 g/mol. The third-order valence-electron chi connectivity index (χ3n) is 1.14. The van der Waals surface area contributed by atoms with Crippen LogP contribution in [0.2, 0.25) is 0 Å². The molecular formula is C7H10ClNO3. The number of ether oxygens (including phenoxy) is 1. The number of rotatable bonds is 4. The molecule has 1 amide bonds. The van der Waals surface area contributed by atoms with Crippen LogP contribution in [0.5, 0.6) is 0 Å². The van der Waals surface area contributed by atoms with Gasteiger partial charge in [-0.15, -0.1) is 0 Å². The third kappa shape index (κ3) is 3.98. The van der Waals surface area contributed by atoms with E-state index in [1.54, 1.807) is 6.08 Å². The highest BCUT2D eigenvalue weighted by molar-refractivity contribution is 6.25. The van der Waals surface area contributed by atoms with Gasteiger partial charge < -0.3 is 9.53 Å². The zero-order valence-electron chi connectivity index (χ0n) is 6.70. The van der Waals surface area contributed by atoms with Crippen molar-refractivity contribution in [2.45, 2.75) is 0 Å². The van der Waals surface area contributed by atoms with E-state index >= 15 is 0 Å². The summed E-state index contributed by atoms with van der Waals surface area (Å²) in [5.74, 6) is 0. The average molecular weight is 192 g/mol. The summed E-state index contributed by atoms with van der Waals surface area (Å²) in [6, 6.07) is 0.